The van der Waals surface area contributed by atoms with E-state index < -0.39 is 5.82 Å². The summed E-state index contributed by atoms with van der Waals surface area (Å²) >= 11 is 0. The first-order chi connectivity index (χ1) is 7.19. The quantitative estimate of drug-likeness (QED) is 0.748. The summed E-state index contributed by atoms with van der Waals surface area (Å²) < 4.78 is 18.2. The predicted molar refractivity (Wildman–Crippen MR) is 55.4 cm³/mol. The Hall–Kier alpha value is -1.26. The fourth-order valence-corrected chi connectivity index (χ4v) is 1.30. The van der Waals surface area contributed by atoms with Gasteiger partial charge in [-0.1, -0.05) is 6.07 Å². The molecule has 1 aromatic carbocycles. The second-order valence-corrected chi connectivity index (χ2v) is 3.20. The number of nitrogens with one attached hydrogen (secondary N) is 1. The van der Waals surface area contributed by atoms with Crippen LogP contribution in [0.2, 0.25) is 0 Å². The lowest BCUT2D eigenvalue weighted by molar-refractivity contribution is 0.0989. The van der Waals surface area contributed by atoms with Crippen molar-refractivity contribution in [2.24, 2.45) is 0 Å². The number of carbonyl (C=O) groups is 1. The molecular formula is C11H14FNO2. The predicted octanol–water partition coefficient (Wildman–Crippen LogP) is 1.37. The van der Waals surface area contributed by atoms with E-state index in [4.69, 9.17) is 4.74 Å². The van der Waals surface area contributed by atoms with Crippen LogP contribution in [-0.2, 0) is 11.3 Å². The number of benzene rings is 1. The van der Waals surface area contributed by atoms with Crippen molar-refractivity contribution >= 4 is 5.78 Å². The summed E-state index contributed by atoms with van der Waals surface area (Å²) in [5.41, 5.74) is 0.900. The molecule has 1 aromatic rings. The number of hydrogen-bond acceptors (Lipinski definition) is 3. The molecule has 0 saturated heterocycles. The zero-order valence-electron chi connectivity index (χ0n) is 8.84. The van der Waals surface area contributed by atoms with Crippen LogP contribution in [0.25, 0.3) is 0 Å². The van der Waals surface area contributed by atoms with Crippen LogP contribution in [0.1, 0.15) is 15.9 Å². The number of likely N-dealkylation sites (N-methyl/N-ethyl adjacent to an activating group) is 1. The summed E-state index contributed by atoms with van der Waals surface area (Å²) in [5, 5.41) is 2.70. The molecule has 15 heavy (non-hydrogen) atoms. The van der Waals surface area contributed by atoms with Crippen molar-refractivity contribution in [3.63, 3.8) is 0 Å². The topological polar surface area (TPSA) is 38.3 Å². The van der Waals surface area contributed by atoms with Gasteiger partial charge < -0.3 is 10.1 Å². The van der Waals surface area contributed by atoms with Crippen molar-refractivity contribution in [2.75, 3.05) is 20.7 Å². The summed E-state index contributed by atoms with van der Waals surface area (Å²) in [6.45, 7) is 0.507. The largest absolute Gasteiger partial charge is 0.380 e. The monoisotopic (exact) mass is 211 g/mol. The number of ether oxygens (including phenoxy) is 1. The van der Waals surface area contributed by atoms with Gasteiger partial charge in [-0.15, -0.1) is 0 Å². The number of carbonyl (C=O) groups excluding carboxylic acids is 1. The van der Waals surface area contributed by atoms with Gasteiger partial charge in [-0.3, -0.25) is 4.79 Å². The Bertz CT molecular complexity index is 352. The van der Waals surface area contributed by atoms with Crippen LogP contribution >= 0.6 is 0 Å². The molecule has 0 aliphatic heterocycles. The smallest absolute Gasteiger partial charge is 0.179 e. The van der Waals surface area contributed by atoms with Gasteiger partial charge in [0.05, 0.1) is 18.7 Å². The highest BCUT2D eigenvalue weighted by atomic mass is 19.1. The second kappa shape index (κ2) is 5.58. The lowest BCUT2D eigenvalue weighted by Gasteiger charge is -2.05. The zero-order valence-corrected chi connectivity index (χ0v) is 8.84. The van der Waals surface area contributed by atoms with E-state index in [1.54, 1.807) is 20.2 Å². The molecule has 0 aliphatic carbocycles. The Morgan fingerprint density at radius 1 is 1.53 bits per heavy atom. The molecule has 0 amide bonds. The van der Waals surface area contributed by atoms with Gasteiger partial charge in [0.2, 0.25) is 0 Å². The van der Waals surface area contributed by atoms with Gasteiger partial charge in [0.25, 0.3) is 0 Å². The third-order valence-electron chi connectivity index (χ3n) is 1.98. The van der Waals surface area contributed by atoms with Crippen molar-refractivity contribution in [3.8, 4) is 0 Å². The molecule has 0 heterocycles. The van der Waals surface area contributed by atoms with Gasteiger partial charge in [0.1, 0.15) is 5.82 Å². The molecule has 0 aromatic heterocycles. The Morgan fingerprint density at radius 3 is 2.87 bits per heavy atom. The third-order valence-corrected chi connectivity index (χ3v) is 1.98. The lowest BCUT2D eigenvalue weighted by Crippen LogP contribution is -2.19. The summed E-state index contributed by atoms with van der Waals surface area (Å²) in [6.07, 6.45) is 0. The first-order valence-corrected chi connectivity index (χ1v) is 4.64. The highest BCUT2D eigenvalue weighted by Gasteiger charge is 2.11. The molecule has 0 fully saturated rings. The molecule has 1 rings (SSSR count). The summed E-state index contributed by atoms with van der Waals surface area (Å²) in [7, 11) is 3.20. The normalized spacial score (nSPS) is 10.3. The molecule has 82 valence electrons. The molecule has 0 spiro atoms. The minimum Gasteiger partial charge on any atom is -0.380 e. The van der Waals surface area contributed by atoms with E-state index in [0.717, 1.165) is 5.56 Å². The van der Waals surface area contributed by atoms with E-state index in [0.29, 0.717) is 6.61 Å². The highest BCUT2D eigenvalue weighted by molar-refractivity contribution is 5.98. The van der Waals surface area contributed by atoms with Gasteiger partial charge in [-0.25, -0.2) is 4.39 Å². The third kappa shape index (κ3) is 3.11. The maximum atomic E-state index is 13.3. The average Bonchev–Trinajstić information content (AvgIpc) is 2.21. The molecule has 0 atom stereocenters. The number of ketones is 1. The van der Waals surface area contributed by atoms with Gasteiger partial charge in [0, 0.05) is 7.11 Å². The average molecular weight is 211 g/mol. The summed E-state index contributed by atoms with van der Waals surface area (Å²) in [5.74, 6) is -0.747. The van der Waals surface area contributed by atoms with Crippen molar-refractivity contribution in [1.82, 2.24) is 5.32 Å². The number of halogens is 1. The van der Waals surface area contributed by atoms with Crippen LogP contribution in [-0.4, -0.2) is 26.5 Å². The van der Waals surface area contributed by atoms with Crippen molar-refractivity contribution in [2.45, 2.75) is 6.61 Å². The van der Waals surface area contributed by atoms with Crippen LogP contribution < -0.4 is 5.32 Å². The first-order valence-electron chi connectivity index (χ1n) is 4.64. The SMILES string of the molecule is CNCC(=O)c1cc(COC)ccc1F. The minimum atomic E-state index is -0.491. The van der Waals surface area contributed by atoms with E-state index in [-0.39, 0.29) is 17.9 Å². The van der Waals surface area contributed by atoms with Crippen LogP contribution in [0.5, 0.6) is 0 Å². The Balaban J connectivity index is 2.94. The van der Waals surface area contributed by atoms with Crippen LogP contribution in [0.3, 0.4) is 0 Å². The van der Waals surface area contributed by atoms with Crippen LogP contribution in [0.4, 0.5) is 4.39 Å². The fourth-order valence-electron chi connectivity index (χ4n) is 1.30. The van der Waals surface area contributed by atoms with E-state index in [2.05, 4.69) is 5.32 Å². The zero-order chi connectivity index (χ0) is 11.3. The Kier molecular flexibility index (Phi) is 4.39. The molecule has 4 heteroatoms. The lowest BCUT2D eigenvalue weighted by atomic mass is 10.1. The standard InChI is InChI=1S/C11H14FNO2/c1-13-6-11(14)9-5-8(7-15-2)3-4-10(9)12/h3-5,13H,6-7H2,1-2H3. The first kappa shape index (κ1) is 11.8. The maximum Gasteiger partial charge on any atom is 0.179 e. The number of hydrogen-bond donors (Lipinski definition) is 1. The molecule has 0 unspecified atom stereocenters. The van der Waals surface area contributed by atoms with E-state index in [1.165, 1.54) is 12.1 Å². The second-order valence-electron chi connectivity index (χ2n) is 3.20. The molecule has 0 radical (unpaired) electrons. The van der Waals surface area contributed by atoms with Crippen molar-refractivity contribution in [3.05, 3.63) is 35.1 Å². The van der Waals surface area contributed by atoms with E-state index >= 15 is 0 Å². The van der Waals surface area contributed by atoms with Crippen molar-refractivity contribution in [1.29, 1.82) is 0 Å². The highest BCUT2D eigenvalue weighted by Crippen LogP contribution is 2.12. The van der Waals surface area contributed by atoms with Crippen LogP contribution in [0, 0.1) is 5.82 Å². The molecule has 3 nitrogen and oxygen atoms in total. The van der Waals surface area contributed by atoms with Gasteiger partial charge >= 0.3 is 0 Å². The van der Waals surface area contributed by atoms with Gasteiger partial charge in [-0.05, 0) is 24.7 Å². The van der Waals surface area contributed by atoms with E-state index in [1.807, 2.05) is 0 Å². The van der Waals surface area contributed by atoms with Crippen molar-refractivity contribution < 1.29 is 13.9 Å². The fraction of sp³-hybridized carbons (Fsp3) is 0.364. The van der Waals surface area contributed by atoms with Gasteiger partial charge in [-0.2, -0.15) is 0 Å². The van der Waals surface area contributed by atoms with Gasteiger partial charge in [0.15, 0.2) is 5.78 Å². The number of methoxy groups -OCH3 is 1. The molecule has 1 N–H and O–H groups in total. The number of rotatable bonds is 5. The molecule has 0 bridgehead atoms. The maximum absolute atomic E-state index is 13.3. The molecular weight excluding hydrogens is 197 g/mol. The van der Waals surface area contributed by atoms with Crippen LogP contribution in [0.15, 0.2) is 18.2 Å². The Morgan fingerprint density at radius 2 is 2.27 bits per heavy atom. The van der Waals surface area contributed by atoms with E-state index in [9.17, 15) is 9.18 Å². The number of Topliss-reactive ketones (excluding diaryl/α,β-unsaturated/α-hetero) is 1. The molecule has 0 aliphatic rings. The molecule has 0 saturated carbocycles. The Labute approximate surface area is 88.2 Å². The summed E-state index contributed by atoms with van der Waals surface area (Å²) in [4.78, 5) is 11.5. The minimum absolute atomic E-state index is 0.110. The summed E-state index contributed by atoms with van der Waals surface area (Å²) in [6, 6.07) is 4.42.